The first-order valence-corrected chi connectivity index (χ1v) is 7.61. The molecule has 0 bridgehead atoms. The number of carbonyl (C=O) groups excluding carboxylic acids is 1. The molecule has 0 radical (unpaired) electrons. The van der Waals surface area contributed by atoms with Crippen molar-refractivity contribution in [3.63, 3.8) is 0 Å². The fourth-order valence-corrected chi connectivity index (χ4v) is 2.98. The molecule has 2 amide bonds. The van der Waals surface area contributed by atoms with Gasteiger partial charge in [-0.1, -0.05) is 11.3 Å². The zero-order valence-corrected chi connectivity index (χ0v) is 12.4. The van der Waals surface area contributed by atoms with Gasteiger partial charge >= 0.3 is 12.0 Å². The third kappa shape index (κ3) is 3.08. The van der Waals surface area contributed by atoms with Crippen molar-refractivity contribution in [2.24, 2.45) is 5.92 Å². The lowest BCUT2D eigenvalue weighted by atomic mass is 9.97. The fourth-order valence-electron chi connectivity index (χ4n) is 2.27. The third-order valence-corrected chi connectivity index (χ3v) is 4.36. The Kier molecular flexibility index (Phi) is 4.05. The molecule has 2 aromatic rings. The van der Waals surface area contributed by atoms with Crippen molar-refractivity contribution in [1.29, 1.82) is 0 Å². The number of carbonyl (C=O) groups is 2. The third-order valence-electron chi connectivity index (χ3n) is 3.50. The summed E-state index contributed by atoms with van der Waals surface area (Å²) < 4.78 is 5.22. The summed E-state index contributed by atoms with van der Waals surface area (Å²) >= 11 is 1.22. The quantitative estimate of drug-likeness (QED) is 0.896. The van der Waals surface area contributed by atoms with Gasteiger partial charge in [-0.15, -0.1) is 10.2 Å². The van der Waals surface area contributed by atoms with Crippen LogP contribution in [0.2, 0.25) is 0 Å². The second-order valence-corrected chi connectivity index (χ2v) is 5.90. The van der Waals surface area contributed by atoms with Crippen LogP contribution in [0, 0.1) is 5.92 Å². The number of carboxylic acid groups (broad SMARTS) is 1. The molecule has 2 aromatic heterocycles. The first kappa shape index (κ1) is 14.5. The Bertz CT molecular complexity index is 661. The summed E-state index contributed by atoms with van der Waals surface area (Å²) in [7, 11) is 0. The molecule has 22 heavy (non-hydrogen) atoms. The molecule has 0 spiro atoms. The normalized spacial score (nSPS) is 15.7. The number of likely N-dealkylation sites (tertiary alicyclic amines) is 1. The monoisotopic (exact) mass is 322 g/mol. The standard InChI is InChI=1S/C13H14N4O4S/c18-11(19)8-3-5-17(6-4-8)13(20)14-12-16-15-10(22-12)9-2-1-7-21-9/h1-2,7-8H,3-6H2,(H,18,19)(H,14,16,20). The number of aliphatic carboxylic acids is 1. The van der Waals surface area contributed by atoms with E-state index in [0.717, 1.165) is 0 Å². The molecule has 2 N–H and O–H groups in total. The summed E-state index contributed by atoms with van der Waals surface area (Å²) in [5.41, 5.74) is 0. The van der Waals surface area contributed by atoms with Crippen LogP contribution in [0.25, 0.3) is 10.8 Å². The van der Waals surface area contributed by atoms with E-state index in [2.05, 4.69) is 15.5 Å². The van der Waals surface area contributed by atoms with Crippen LogP contribution in [0.3, 0.4) is 0 Å². The van der Waals surface area contributed by atoms with E-state index in [1.807, 2.05) is 0 Å². The van der Waals surface area contributed by atoms with E-state index in [1.165, 1.54) is 11.3 Å². The molecule has 8 nitrogen and oxygen atoms in total. The minimum absolute atomic E-state index is 0.286. The van der Waals surface area contributed by atoms with E-state index >= 15 is 0 Å². The van der Waals surface area contributed by atoms with Crippen LogP contribution in [0.1, 0.15) is 12.8 Å². The maximum Gasteiger partial charge on any atom is 0.323 e. The molecule has 0 saturated carbocycles. The summed E-state index contributed by atoms with van der Waals surface area (Å²) in [6.07, 6.45) is 2.48. The molecular weight excluding hydrogens is 308 g/mol. The van der Waals surface area contributed by atoms with Crippen molar-refractivity contribution in [3.05, 3.63) is 18.4 Å². The van der Waals surface area contributed by atoms with Crippen LogP contribution in [0.4, 0.5) is 9.93 Å². The van der Waals surface area contributed by atoms with Gasteiger partial charge in [-0.25, -0.2) is 4.79 Å². The van der Waals surface area contributed by atoms with Gasteiger partial charge in [-0.3, -0.25) is 10.1 Å². The molecule has 0 unspecified atom stereocenters. The van der Waals surface area contributed by atoms with E-state index in [1.54, 1.807) is 23.3 Å². The van der Waals surface area contributed by atoms with E-state index in [9.17, 15) is 9.59 Å². The highest BCUT2D eigenvalue weighted by molar-refractivity contribution is 7.18. The van der Waals surface area contributed by atoms with E-state index in [0.29, 0.717) is 41.8 Å². The minimum atomic E-state index is -0.799. The van der Waals surface area contributed by atoms with Crippen LogP contribution in [-0.4, -0.2) is 45.3 Å². The molecule has 1 saturated heterocycles. The number of furan rings is 1. The van der Waals surface area contributed by atoms with Gasteiger partial charge in [-0.05, 0) is 25.0 Å². The number of rotatable bonds is 3. The molecule has 0 atom stereocenters. The Labute approximate surface area is 129 Å². The van der Waals surface area contributed by atoms with Crippen molar-refractivity contribution in [3.8, 4) is 10.8 Å². The lowest BCUT2D eigenvalue weighted by molar-refractivity contribution is -0.143. The zero-order chi connectivity index (χ0) is 15.5. The number of nitrogens with zero attached hydrogens (tertiary/aromatic N) is 3. The van der Waals surface area contributed by atoms with Crippen molar-refractivity contribution in [2.75, 3.05) is 18.4 Å². The first-order chi connectivity index (χ1) is 10.6. The number of amides is 2. The molecule has 116 valence electrons. The molecule has 1 fully saturated rings. The average Bonchev–Trinajstić information content (AvgIpc) is 3.18. The largest absolute Gasteiger partial charge is 0.481 e. The van der Waals surface area contributed by atoms with Gasteiger partial charge in [0.1, 0.15) is 0 Å². The molecule has 1 aliphatic rings. The Morgan fingerprint density at radius 1 is 1.36 bits per heavy atom. The summed E-state index contributed by atoms with van der Waals surface area (Å²) in [5.74, 6) is -0.566. The molecule has 1 aliphatic heterocycles. The molecular formula is C13H14N4O4S. The molecule has 0 aliphatic carbocycles. The summed E-state index contributed by atoms with van der Waals surface area (Å²) in [5, 5.41) is 20.5. The number of aromatic nitrogens is 2. The fraction of sp³-hybridized carbons (Fsp3) is 0.385. The van der Waals surface area contributed by atoms with Crippen molar-refractivity contribution >= 4 is 28.5 Å². The summed E-state index contributed by atoms with van der Waals surface area (Å²) in [6, 6.07) is 3.23. The topological polar surface area (TPSA) is 109 Å². The van der Waals surface area contributed by atoms with Crippen molar-refractivity contribution in [2.45, 2.75) is 12.8 Å². The van der Waals surface area contributed by atoms with E-state index in [-0.39, 0.29) is 11.9 Å². The number of hydrogen-bond acceptors (Lipinski definition) is 6. The zero-order valence-electron chi connectivity index (χ0n) is 11.6. The van der Waals surface area contributed by atoms with Crippen LogP contribution in [0.15, 0.2) is 22.8 Å². The van der Waals surface area contributed by atoms with Crippen molar-refractivity contribution in [1.82, 2.24) is 15.1 Å². The van der Waals surface area contributed by atoms with Gasteiger partial charge in [0.05, 0.1) is 12.2 Å². The molecule has 3 heterocycles. The van der Waals surface area contributed by atoms with Crippen LogP contribution >= 0.6 is 11.3 Å². The molecule has 0 aromatic carbocycles. The summed E-state index contributed by atoms with van der Waals surface area (Å²) in [4.78, 5) is 24.6. The van der Waals surface area contributed by atoms with Gasteiger partial charge in [0.2, 0.25) is 5.13 Å². The highest BCUT2D eigenvalue weighted by Gasteiger charge is 2.27. The molecule has 3 rings (SSSR count). The Hall–Kier alpha value is -2.42. The number of nitrogens with one attached hydrogen (secondary N) is 1. The van der Waals surface area contributed by atoms with Gasteiger partial charge < -0.3 is 14.4 Å². The smallest absolute Gasteiger partial charge is 0.323 e. The Balaban J connectivity index is 1.57. The van der Waals surface area contributed by atoms with Gasteiger partial charge in [0.25, 0.3) is 0 Å². The number of urea groups is 1. The maximum atomic E-state index is 12.1. The van der Waals surface area contributed by atoms with Crippen LogP contribution in [0.5, 0.6) is 0 Å². The Morgan fingerprint density at radius 3 is 2.77 bits per heavy atom. The van der Waals surface area contributed by atoms with Crippen LogP contribution in [-0.2, 0) is 4.79 Å². The van der Waals surface area contributed by atoms with Crippen molar-refractivity contribution < 1.29 is 19.1 Å². The van der Waals surface area contributed by atoms with Crippen LogP contribution < -0.4 is 5.32 Å². The maximum absolute atomic E-state index is 12.1. The SMILES string of the molecule is O=C(O)C1CCN(C(=O)Nc2nnc(-c3ccco3)s2)CC1. The lowest BCUT2D eigenvalue weighted by Gasteiger charge is -2.29. The number of carboxylic acids is 1. The van der Waals surface area contributed by atoms with Gasteiger partial charge in [-0.2, -0.15) is 0 Å². The van der Waals surface area contributed by atoms with Gasteiger partial charge in [0, 0.05) is 13.1 Å². The second kappa shape index (κ2) is 6.14. The first-order valence-electron chi connectivity index (χ1n) is 6.79. The Morgan fingerprint density at radius 2 is 2.14 bits per heavy atom. The van der Waals surface area contributed by atoms with E-state index in [4.69, 9.17) is 9.52 Å². The predicted molar refractivity (Wildman–Crippen MR) is 78.6 cm³/mol. The lowest BCUT2D eigenvalue weighted by Crippen LogP contribution is -2.42. The summed E-state index contributed by atoms with van der Waals surface area (Å²) in [6.45, 7) is 0.847. The highest BCUT2D eigenvalue weighted by atomic mass is 32.1. The second-order valence-electron chi connectivity index (χ2n) is 4.92. The number of piperidine rings is 1. The minimum Gasteiger partial charge on any atom is -0.481 e. The van der Waals surface area contributed by atoms with Gasteiger partial charge in [0.15, 0.2) is 10.8 Å². The highest BCUT2D eigenvalue weighted by Crippen LogP contribution is 2.27. The molecule has 9 heteroatoms. The number of anilines is 1. The van der Waals surface area contributed by atoms with E-state index < -0.39 is 5.97 Å². The predicted octanol–water partition coefficient (Wildman–Crippen LogP) is 2.13. The number of hydrogen-bond donors (Lipinski definition) is 2. The average molecular weight is 322 g/mol.